The first-order chi connectivity index (χ1) is 12.6. The topological polar surface area (TPSA) is 59.9 Å². The third-order valence-electron chi connectivity index (χ3n) is 3.29. The van der Waals surface area contributed by atoms with Crippen molar-refractivity contribution in [1.29, 1.82) is 0 Å². The molecule has 26 heavy (non-hydrogen) atoms. The molecule has 0 heterocycles. The number of ether oxygens (including phenoxy) is 2. The molecule has 0 aliphatic carbocycles. The van der Waals surface area contributed by atoms with E-state index in [-0.39, 0.29) is 5.91 Å². The highest BCUT2D eigenvalue weighted by molar-refractivity contribution is 6.30. The zero-order valence-corrected chi connectivity index (χ0v) is 15.3. The van der Waals surface area contributed by atoms with E-state index >= 15 is 0 Å². The fraction of sp³-hybridized carbons (Fsp3) is 0.200. The van der Waals surface area contributed by atoms with Crippen LogP contribution in [0.3, 0.4) is 0 Å². The average molecular weight is 373 g/mol. The molecule has 0 radical (unpaired) electrons. The molecule has 0 fully saturated rings. The van der Waals surface area contributed by atoms with E-state index in [0.717, 1.165) is 12.2 Å². The summed E-state index contributed by atoms with van der Waals surface area (Å²) in [5.74, 6) is 1.01. The summed E-state index contributed by atoms with van der Waals surface area (Å²) < 4.78 is 11.0. The molecule has 0 atom stereocenters. The van der Waals surface area contributed by atoms with Crippen molar-refractivity contribution in [1.82, 2.24) is 5.43 Å². The van der Waals surface area contributed by atoms with E-state index in [1.807, 2.05) is 6.92 Å². The van der Waals surface area contributed by atoms with Gasteiger partial charge in [0.15, 0.2) is 0 Å². The van der Waals surface area contributed by atoms with Gasteiger partial charge in [-0.1, -0.05) is 31.2 Å². The number of benzene rings is 2. The van der Waals surface area contributed by atoms with Gasteiger partial charge >= 0.3 is 0 Å². The summed E-state index contributed by atoms with van der Waals surface area (Å²) in [6, 6.07) is 12.1. The number of carbonyl (C=O) groups is 1. The van der Waals surface area contributed by atoms with Crippen molar-refractivity contribution in [3.63, 3.8) is 0 Å². The van der Waals surface area contributed by atoms with E-state index in [1.54, 1.807) is 48.5 Å². The molecule has 0 unspecified atom stereocenters. The van der Waals surface area contributed by atoms with Crippen molar-refractivity contribution in [2.24, 2.45) is 5.10 Å². The molecule has 0 saturated heterocycles. The number of hydrazone groups is 1. The van der Waals surface area contributed by atoms with Gasteiger partial charge in [-0.25, -0.2) is 5.43 Å². The number of amides is 1. The SMILES string of the molecule is C=CCOc1ccc(Cl)cc1/C=N\NC(=O)c1ccc(OCCC)cc1. The first kappa shape index (κ1) is 19.5. The highest BCUT2D eigenvalue weighted by Gasteiger charge is 2.06. The Balaban J connectivity index is 2.00. The number of rotatable bonds is 9. The molecule has 0 spiro atoms. The van der Waals surface area contributed by atoms with Crippen LogP contribution in [0, 0.1) is 0 Å². The lowest BCUT2D eigenvalue weighted by Crippen LogP contribution is -2.17. The fourth-order valence-electron chi connectivity index (χ4n) is 2.05. The van der Waals surface area contributed by atoms with Gasteiger partial charge in [-0.2, -0.15) is 5.10 Å². The van der Waals surface area contributed by atoms with Crippen LogP contribution in [0.25, 0.3) is 0 Å². The molecule has 0 aromatic heterocycles. The fourth-order valence-corrected chi connectivity index (χ4v) is 2.23. The molecular formula is C20H21ClN2O3. The molecule has 2 aromatic rings. The Morgan fingerprint density at radius 2 is 2.00 bits per heavy atom. The smallest absolute Gasteiger partial charge is 0.271 e. The quantitative estimate of drug-likeness (QED) is 0.401. The number of nitrogens with zero attached hydrogens (tertiary/aromatic N) is 1. The number of nitrogens with one attached hydrogen (secondary N) is 1. The van der Waals surface area contributed by atoms with E-state index in [1.165, 1.54) is 6.21 Å². The molecule has 2 rings (SSSR count). The van der Waals surface area contributed by atoms with Crippen molar-refractivity contribution in [2.75, 3.05) is 13.2 Å². The lowest BCUT2D eigenvalue weighted by atomic mass is 10.2. The largest absolute Gasteiger partial charge is 0.494 e. The van der Waals surface area contributed by atoms with Crippen LogP contribution < -0.4 is 14.9 Å². The van der Waals surface area contributed by atoms with Crippen LogP contribution in [-0.2, 0) is 0 Å². The minimum absolute atomic E-state index is 0.320. The van der Waals surface area contributed by atoms with E-state index in [2.05, 4.69) is 17.1 Å². The summed E-state index contributed by atoms with van der Waals surface area (Å²) in [5, 5.41) is 4.53. The maximum atomic E-state index is 12.1. The molecule has 0 aliphatic rings. The van der Waals surface area contributed by atoms with Crippen LogP contribution in [-0.4, -0.2) is 25.3 Å². The van der Waals surface area contributed by atoms with Crippen LogP contribution >= 0.6 is 11.6 Å². The Morgan fingerprint density at radius 3 is 2.69 bits per heavy atom. The lowest BCUT2D eigenvalue weighted by Gasteiger charge is -2.07. The summed E-state index contributed by atoms with van der Waals surface area (Å²) in [6.07, 6.45) is 4.06. The van der Waals surface area contributed by atoms with Crippen LogP contribution in [0.5, 0.6) is 11.5 Å². The highest BCUT2D eigenvalue weighted by atomic mass is 35.5. The average Bonchev–Trinajstić information content (AvgIpc) is 2.66. The molecule has 6 heteroatoms. The van der Waals surface area contributed by atoms with Gasteiger partial charge in [0.05, 0.1) is 12.8 Å². The van der Waals surface area contributed by atoms with E-state index in [9.17, 15) is 4.79 Å². The van der Waals surface area contributed by atoms with Crippen molar-refractivity contribution in [3.05, 3.63) is 71.3 Å². The molecule has 2 aromatic carbocycles. The highest BCUT2D eigenvalue weighted by Crippen LogP contribution is 2.21. The zero-order valence-electron chi connectivity index (χ0n) is 14.6. The molecule has 5 nitrogen and oxygen atoms in total. The van der Waals surface area contributed by atoms with Crippen LogP contribution in [0.1, 0.15) is 29.3 Å². The van der Waals surface area contributed by atoms with E-state index in [4.69, 9.17) is 21.1 Å². The summed E-state index contributed by atoms with van der Waals surface area (Å²) >= 11 is 6.00. The maximum absolute atomic E-state index is 12.1. The Morgan fingerprint density at radius 1 is 1.23 bits per heavy atom. The Labute approximate surface area is 158 Å². The molecular weight excluding hydrogens is 352 g/mol. The van der Waals surface area contributed by atoms with E-state index < -0.39 is 0 Å². The van der Waals surface area contributed by atoms with Crippen LogP contribution in [0.15, 0.2) is 60.2 Å². The minimum Gasteiger partial charge on any atom is -0.494 e. The van der Waals surface area contributed by atoms with Gasteiger partial charge in [-0.3, -0.25) is 4.79 Å². The predicted molar refractivity (Wildman–Crippen MR) is 104 cm³/mol. The number of carbonyl (C=O) groups excluding carboxylic acids is 1. The van der Waals surface area contributed by atoms with Gasteiger partial charge in [0.2, 0.25) is 0 Å². The number of halogens is 1. The predicted octanol–water partition coefficient (Wildman–Crippen LogP) is 4.46. The molecule has 0 bridgehead atoms. The number of hydrogen-bond acceptors (Lipinski definition) is 4. The van der Waals surface area contributed by atoms with Gasteiger partial charge in [-0.15, -0.1) is 0 Å². The van der Waals surface area contributed by atoms with Crippen molar-refractivity contribution in [2.45, 2.75) is 13.3 Å². The summed E-state index contributed by atoms with van der Waals surface area (Å²) in [6.45, 7) is 6.66. The second-order valence-corrected chi connectivity index (χ2v) is 5.79. The van der Waals surface area contributed by atoms with Crippen molar-refractivity contribution < 1.29 is 14.3 Å². The normalized spacial score (nSPS) is 10.5. The second-order valence-electron chi connectivity index (χ2n) is 5.35. The van der Waals surface area contributed by atoms with Crippen molar-refractivity contribution >= 4 is 23.7 Å². The van der Waals surface area contributed by atoms with Gasteiger partial charge in [0, 0.05) is 16.1 Å². The Hall–Kier alpha value is -2.79. The second kappa shape index (κ2) is 10.3. The number of hydrogen-bond donors (Lipinski definition) is 1. The Kier molecular flexibility index (Phi) is 7.71. The maximum Gasteiger partial charge on any atom is 0.271 e. The molecule has 136 valence electrons. The third kappa shape index (κ3) is 5.93. The Bertz CT molecular complexity index is 773. The molecule has 0 aliphatic heterocycles. The summed E-state index contributed by atoms with van der Waals surface area (Å²) in [4.78, 5) is 12.1. The summed E-state index contributed by atoms with van der Waals surface area (Å²) in [5.41, 5.74) is 3.63. The van der Waals surface area contributed by atoms with Crippen LogP contribution in [0.4, 0.5) is 0 Å². The van der Waals surface area contributed by atoms with Crippen molar-refractivity contribution in [3.8, 4) is 11.5 Å². The van der Waals surface area contributed by atoms with Gasteiger partial charge in [0.1, 0.15) is 18.1 Å². The van der Waals surface area contributed by atoms with Gasteiger partial charge in [-0.05, 0) is 48.9 Å². The van der Waals surface area contributed by atoms with E-state index in [0.29, 0.717) is 35.1 Å². The third-order valence-corrected chi connectivity index (χ3v) is 3.52. The van der Waals surface area contributed by atoms with Gasteiger partial charge < -0.3 is 9.47 Å². The molecule has 1 amide bonds. The molecule has 1 N–H and O–H groups in total. The first-order valence-corrected chi connectivity index (χ1v) is 8.61. The zero-order chi connectivity index (χ0) is 18.8. The monoisotopic (exact) mass is 372 g/mol. The first-order valence-electron chi connectivity index (χ1n) is 8.23. The van der Waals surface area contributed by atoms with Gasteiger partial charge in [0.25, 0.3) is 5.91 Å². The molecule has 0 saturated carbocycles. The van der Waals surface area contributed by atoms with Crippen LogP contribution in [0.2, 0.25) is 5.02 Å². The standard InChI is InChI=1S/C20H21ClN2O3/c1-3-11-25-18-8-5-15(6-9-18)20(24)23-22-14-16-13-17(21)7-10-19(16)26-12-4-2/h4-10,13-14H,2-3,11-12H2,1H3,(H,23,24)/b22-14-. The summed E-state index contributed by atoms with van der Waals surface area (Å²) in [7, 11) is 0. The minimum atomic E-state index is -0.320. The lowest BCUT2D eigenvalue weighted by molar-refractivity contribution is 0.0955.